The van der Waals surface area contributed by atoms with Gasteiger partial charge in [-0.25, -0.2) is 4.39 Å². The Hall–Kier alpha value is -3.66. The summed E-state index contributed by atoms with van der Waals surface area (Å²) < 4.78 is 54.8. The highest BCUT2D eigenvalue weighted by Gasteiger charge is 2.33. The maximum absolute atomic E-state index is 13.5. The van der Waals surface area contributed by atoms with Crippen LogP contribution >= 0.6 is 11.8 Å². The normalized spacial score (nSPS) is 11.4. The third-order valence-electron chi connectivity index (χ3n) is 4.83. The molecule has 1 N–H and O–H groups in total. The summed E-state index contributed by atoms with van der Waals surface area (Å²) in [5.74, 6) is -0.655. The molecule has 4 aromatic rings. The van der Waals surface area contributed by atoms with Crippen molar-refractivity contribution in [3.05, 3.63) is 102 Å². The van der Waals surface area contributed by atoms with Gasteiger partial charge in [0.15, 0.2) is 5.16 Å². The molecule has 1 aromatic heterocycles. The van der Waals surface area contributed by atoms with Crippen LogP contribution in [-0.4, -0.2) is 26.4 Å². The number of nitrogens with zero attached hydrogens (tertiary/aromatic N) is 3. The second-order valence-electron chi connectivity index (χ2n) is 7.25. The molecule has 3 aromatic carbocycles. The molecule has 0 spiro atoms. The molecular weight excluding hydrogens is 468 g/mol. The van der Waals surface area contributed by atoms with Gasteiger partial charge in [-0.15, -0.1) is 10.2 Å². The first-order valence-corrected chi connectivity index (χ1v) is 11.1. The van der Waals surface area contributed by atoms with Crippen molar-refractivity contribution >= 4 is 23.4 Å². The molecule has 0 aliphatic heterocycles. The monoisotopic (exact) mass is 486 g/mol. The van der Waals surface area contributed by atoms with Crippen molar-refractivity contribution < 1.29 is 22.4 Å². The van der Waals surface area contributed by atoms with Gasteiger partial charge in [0.25, 0.3) is 0 Å². The van der Waals surface area contributed by atoms with Gasteiger partial charge in [-0.05, 0) is 42.0 Å². The van der Waals surface area contributed by atoms with Crippen LogP contribution in [0.3, 0.4) is 0 Å². The number of hydrogen-bond donors (Lipinski definition) is 1. The maximum atomic E-state index is 13.5. The molecule has 1 amide bonds. The average Bonchev–Trinajstić information content (AvgIpc) is 3.21. The lowest BCUT2D eigenvalue weighted by molar-refractivity contribution is -0.137. The summed E-state index contributed by atoms with van der Waals surface area (Å²) in [6, 6.07) is 20.1. The van der Waals surface area contributed by atoms with E-state index in [1.165, 1.54) is 30.3 Å². The summed E-state index contributed by atoms with van der Waals surface area (Å²) in [5.41, 5.74) is 0.345. The van der Waals surface area contributed by atoms with Crippen molar-refractivity contribution in [3.8, 4) is 5.69 Å². The van der Waals surface area contributed by atoms with E-state index in [0.717, 1.165) is 23.4 Å². The number of aromatic nitrogens is 3. The van der Waals surface area contributed by atoms with Gasteiger partial charge in [0.2, 0.25) is 5.91 Å². The summed E-state index contributed by atoms with van der Waals surface area (Å²) in [7, 11) is 0. The van der Waals surface area contributed by atoms with E-state index in [1.54, 1.807) is 16.7 Å². The molecule has 0 radical (unpaired) electrons. The fourth-order valence-electron chi connectivity index (χ4n) is 3.29. The zero-order valence-electron chi connectivity index (χ0n) is 17.6. The van der Waals surface area contributed by atoms with Crippen molar-refractivity contribution in [1.82, 2.24) is 14.8 Å². The lowest BCUT2D eigenvalue weighted by Gasteiger charge is -2.13. The molecule has 1 heterocycles. The molecule has 0 saturated carbocycles. The quantitative estimate of drug-likeness (QED) is 0.267. The number of nitrogens with one attached hydrogen (secondary N) is 1. The van der Waals surface area contributed by atoms with Crippen molar-refractivity contribution in [3.63, 3.8) is 0 Å². The van der Waals surface area contributed by atoms with E-state index in [1.807, 2.05) is 30.3 Å². The van der Waals surface area contributed by atoms with Gasteiger partial charge in [0.05, 0.1) is 17.0 Å². The SMILES string of the molecule is O=C(CSc1nnc(Cc2ccccc2)n1-c1ccc(F)cc1)Nc1ccccc1C(F)(F)F. The third kappa shape index (κ3) is 5.63. The number of carbonyl (C=O) groups is 1. The number of thioether (sulfide) groups is 1. The Morgan fingerprint density at radius 1 is 0.912 bits per heavy atom. The topological polar surface area (TPSA) is 59.8 Å². The minimum Gasteiger partial charge on any atom is -0.325 e. The number of rotatable bonds is 7. The molecule has 174 valence electrons. The van der Waals surface area contributed by atoms with Gasteiger partial charge >= 0.3 is 6.18 Å². The number of halogens is 4. The van der Waals surface area contributed by atoms with Gasteiger partial charge < -0.3 is 5.32 Å². The number of hydrogen-bond acceptors (Lipinski definition) is 4. The van der Waals surface area contributed by atoms with Crippen molar-refractivity contribution in [2.75, 3.05) is 11.1 Å². The molecule has 5 nitrogen and oxygen atoms in total. The molecule has 0 saturated heterocycles. The van der Waals surface area contributed by atoms with Crippen LogP contribution < -0.4 is 5.32 Å². The van der Waals surface area contributed by atoms with Crippen LogP contribution in [-0.2, 0) is 17.4 Å². The maximum Gasteiger partial charge on any atom is 0.418 e. The largest absolute Gasteiger partial charge is 0.418 e. The van der Waals surface area contributed by atoms with E-state index in [9.17, 15) is 22.4 Å². The Bertz CT molecular complexity index is 1270. The van der Waals surface area contributed by atoms with Gasteiger partial charge in [-0.2, -0.15) is 13.2 Å². The first kappa shape index (κ1) is 23.5. The molecular formula is C24H18F4N4OS. The third-order valence-corrected chi connectivity index (χ3v) is 5.76. The number of para-hydroxylation sites is 1. The zero-order chi connectivity index (χ0) is 24.1. The minimum atomic E-state index is -4.59. The van der Waals surface area contributed by atoms with Crippen LogP contribution in [0.1, 0.15) is 17.0 Å². The number of anilines is 1. The summed E-state index contributed by atoms with van der Waals surface area (Å²) in [4.78, 5) is 12.4. The van der Waals surface area contributed by atoms with Crippen molar-refractivity contribution in [2.24, 2.45) is 0 Å². The second kappa shape index (κ2) is 10.1. The lowest BCUT2D eigenvalue weighted by atomic mass is 10.1. The van der Waals surface area contributed by atoms with E-state index < -0.39 is 23.5 Å². The lowest BCUT2D eigenvalue weighted by Crippen LogP contribution is -2.18. The Labute approximate surface area is 196 Å². The van der Waals surface area contributed by atoms with E-state index in [2.05, 4.69) is 15.5 Å². The number of carbonyl (C=O) groups excluding carboxylic acids is 1. The predicted molar refractivity (Wildman–Crippen MR) is 121 cm³/mol. The minimum absolute atomic E-state index is 0.198. The van der Waals surface area contributed by atoms with Crippen LogP contribution in [0.2, 0.25) is 0 Å². The highest BCUT2D eigenvalue weighted by atomic mass is 32.2. The van der Waals surface area contributed by atoms with E-state index in [-0.39, 0.29) is 11.4 Å². The second-order valence-corrected chi connectivity index (χ2v) is 8.20. The highest BCUT2D eigenvalue weighted by molar-refractivity contribution is 7.99. The molecule has 0 aliphatic rings. The molecule has 34 heavy (non-hydrogen) atoms. The fraction of sp³-hybridized carbons (Fsp3) is 0.125. The number of benzene rings is 3. The van der Waals surface area contributed by atoms with Crippen LogP contribution in [0, 0.1) is 5.82 Å². The highest BCUT2D eigenvalue weighted by Crippen LogP contribution is 2.34. The van der Waals surface area contributed by atoms with Crippen LogP contribution in [0.15, 0.2) is 84.0 Å². The van der Waals surface area contributed by atoms with Gasteiger partial charge in [-0.1, -0.05) is 54.2 Å². The molecule has 0 bridgehead atoms. The standard InChI is InChI=1S/C24H18F4N4OS/c25-17-10-12-18(13-11-17)32-21(14-16-6-2-1-3-7-16)30-31-23(32)34-15-22(33)29-20-9-5-4-8-19(20)24(26,27)28/h1-13H,14-15H2,(H,29,33). The molecule has 0 fully saturated rings. The van der Waals surface area contributed by atoms with Crippen molar-refractivity contribution in [1.29, 1.82) is 0 Å². The van der Waals surface area contributed by atoms with Crippen LogP contribution in [0.4, 0.5) is 23.2 Å². The average molecular weight is 486 g/mol. The van der Waals surface area contributed by atoms with E-state index >= 15 is 0 Å². The van der Waals surface area contributed by atoms with Gasteiger partial charge in [-0.3, -0.25) is 9.36 Å². The summed E-state index contributed by atoms with van der Waals surface area (Å²) in [5, 5.41) is 11.1. The van der Waals surface area contributed by atoms with Crippen LogP contribution in [0.25, 0.3) is 5.69 Å². The van der Waals surface area contributed by atoms with Gasteiger partial charge in [0.1, 0.15) is 11.6 Å². The first-order valence-electron chi connectivity index (χ1n) is 10.1. The zero-order valence-corrected chi connectivity index (χ0v) is 18.4. The molecule has 0 aliphatic carbocycles. The van der Waals surface area contributed by atoms with Crippen molar-refractivity contribution in [2.45, 2.75) is 17.8 Å². The number of amides is 1. The fourth-order valence-corrected chi connectivity index (χ4v) is 4.06. The number of alkyl halides is 3. The van der Waals surface area contributed by atoms with E-state index in [0.29, 0.717) is 23.1 Å². The first-order chi connectivity index (χ1) is 16.3. The van der Waals surface area contributed by atoms with Gasteiger partial charge in [0, 0.05) is 12.1 Å². The van der Waals surface area contributed by atoms with Crippen LogP contribution in [0.5, 0.6) is 0 Å². The Morgan fingerprint density at radius 3 is 2.29 bits per heavy atom. The van der Waals surface area contributed by atoms with E-state index in [4.69, 9.17) is 0 Å². The molecule has 10 heteroatoms. The molecule has 4 rings (SSSR count). The smallest absolute Gasteiger partial charge is 0.325 e. The Morgan fingerprint density at radius 2 is 1.59 bits per heavy atom. The summed E-state index contributed by atoms with van der Waals surface area (Å²) in [6.07, 6.45) is -4.15. The molecule has 0 unspecified atom stereocenters. The summed E-state index contributed by atoms with van der Waals surface area (Å²) >= 11 is 1.02. The Balaban J connectivity index is 1.55. The molecule has 0 atom stereocenters. The predicted octanol–water partition coefficient (Wildman–Crippen LogP) is 5.75. The summed E-state index contributed by atoms with van der Waals surface area (Å²) in [6.45, 7) is 0. The Kier molecular flexibility index (Phi) is 6.97.